The maximum absolute atomic E-state index is 15.0. The summed E-state index contributed by atoms with van der Waals surface area (Å²) in [5, 5.41) is 14.3. The number of nitrogens with one attached hydrogen (secondary N) is 2. The van der Waals surface area contributed by atoms with E-state index in [0.717, 1.165) is 32.1 Å². The van der Waals surface area contributed by atoms with Gasteiger partial charge < -0.3 is 63.3 Å². The van der Waals surface area contributed by atoms with Gasteiger partial charge >= 0.3 is 48.0 Å². The van der Waals surface area contributed by atoms with Gasteiger partial charge in [-0.3, -0.25) is 9.69 Å². The van der Waals surface area contributed by atoms with Crippen LogP contribution in [0.25, 0.3) is 22.1 Å². The normalized spacial score (nSPS) is 22.9. The third-order valence-electron chi connectivity index (χ3n) is 16.7. The molecular formula is C71H94F4N8O17. The third kappa shape index (κ3) is 20.8. The van der Waals surface area contributed by atoms with Gasteiger partial charge in [-0.05, 0) is 120 Å². The zero-order valence-corrected chi connectivity index (χ0v) is 59.0. The molecule has 2 saturated heterocycles. The summed E-state index contributed by atoms with van der Waals surface area (Å²) in [7, 11) is 2.38. The number of nitrogens with zero attached hydrogens (tertiary/aromatic N) is 6. The summed E-state index contributed by atoms with van der Waals surface area (Å²) < 4.78 is 109. The number of esters is 2. The number of methoxy groups -OCH3 is 2. The molecule has 2 saturated carbocycles. The van der Waals surface area contributed by atoms with Crippen molar-refractivity contribution in [3.8, 4) is 11.8 Å². The number of alkyl carbamates (subject to hydrolysis) is 2. The van der Waals surface area contributed by atoms with Crippen LogP contribution in [0, 0.1) is 10.8 Å². The second kappa shape index (κ2) is 33.0. The Kier molecular flexibility index (Phi) is 26.4. The number of hydrogen-bond donors (Lipinski definition) is 3. The summed E-state index contributed by atoms with van der Waals surface area (Å²) in [6.07, 6.45) is 5.14. The lowest BCUT2D eigenvalue weighted by atomic mass is 9.85. The molecule has 0 spiro atoms. The van der Waals surface area contributed by atoms with E-state index in [-0.39, 0.29) is 55.3 Å². The number of amides is 4. The molecule has 2 aromatic heterocycles. The zero-order valence-electron chi connectivity index (χ0n) is 59.0. The van der Waals surface area contributed by atoms with Crippen molar-refractivity contribution in [1.82, 2.24) is 40.4 Å². The number of carbonyl (C=O) groups is 7. The van der Waals surface area contributed by atoms with Crippen LogP contribution in [0.5, 0.6) is 11.8 Å². The van der Waals surface area contributed by atoms with E-state index in [0.29, 0.717) is 42.8 Å². The van der Waals surface area contributed by atoms with E-state index in [4.69, 9.17) is 42.6 Å². The van der Waals surface area contributed by atoms with Gasteiger partial charge in [0.25, 0.3) is 0 Å². The van der Waals surface area contributed by atoms with Gasteiger partial charge in [-0.2, -0.15) is 17.6 Å². The van der Waals surface area contributed by atoms with Gasteiger partial charge in [-0.25, -0.2) is 48.7 Å². The minimum absolute atomic E-state index is 0.0213. The molecule has 8 rings (SSSR count). The Labute approximate surface area is 579 Å². The largest absolute Gasteiger partial charge is 0.480 e. The van der Waals surface area contributed by atoms with E-state index >= 15 is 8.78 Å². The number of allylic oxidation sites excluding steroid dienone is 2. The minimum Gasteiger partial charge on any atom is -0.480 e. The number of aliphatic carboxylic acids is 1. The Balaban J connectivity index is 0.000000254. The smallest absolute Gasteiger partial charge is 0.411 e. The van der Waals surface area contributed by atoms with Crippen LogP contribution in [-0.4, -0.2) is 183 Å². The van der Waals surface area contributed by atoms with Crippen molar-refractivity contribution in [3.05, 3.63) is 111 Å². The zero-order chi connectivity index (χ0) is 74.5. The number of likely N-dealkylation sites (tertiary alicyclic amines) is 2. The predicted molar refractivity (Wildman–Crippen MR) is 359 cm³/mol. The lowest BCUT2D eigenvalue weighted by Crippen LogP contribution is -2.57. The molecule has 10 atom stereocenters. The first-order chi connectivity index (χ1) is 46.7. The van der Waals surface area contributed by atoms with Crippen molar-refractivity contribution >= 4 is 64.2 Å². The van der Waals surface area contributed by atoms with E-state index in [1.807, 2.05) is 0 Å². The van der Waals surface area contributed by atoms with Gasteiger partial charge in [0.1, 0.15) is 53.2 Å². The fourth-order valence-corrected chi connectivity index (χ4v) is 11.8. The maximum atomic E-state index is 15.0. The third-order valence-corrected chi connectivity index (χ3v) is 16.7. The number of benzene rings is 2. The van der Waals surface area contributed by atoms with Crippen LogP contribution >= 0.6 is 0 Å². The van der Waals surface area contributed by atoms with E-state index in [9.17, 15) is 47.4 Å². The molecule has 4 aliphatic rings. The Bertz CT molecular complexity index is 3640. The lowest BCUT2D eigenvalue weighted by Gasteiger charge is -2.35. The molecule has 4 aromatic rings. The van der Waals surface area contributed by atoms with Crippen molar-refractivity contribution in [3.63, 3.8) is 0 Å². The summed E-state index contributed by atoms with van der Waals surface area (Å²) in [5.74, 6) is -11.0. The first-order valence-electron chi connectivity index (χ1n) is 32.7. The predicted octanol–water partition coefficient (Wildman–Crippen LogP) is 11.6. The average molecular weight is 1410 g/mol. The molecule has 2 aromatic carbocycles. The fourth-order valence-electron chi connectivity index (χ4n) is 11.8. The Morgan fingerprint density at radius 1 is 0.580 bits per heavy atom. The molecule has 0 bridgehead atoms. The summed E-state index contributed by atoms with van der Waals surface area (Å²) in [4.78, 5) is 108. The van der Waals surface area contributed by atoms with Gasteiger partial charge in [-0.15, -0.1) is 13.2 Å². The van der Waals surface area contributed by atoms with Crippen LogP contribution in [0.2, 0.25) is 0 Å². The van der Waals surface area contributed by atoms with Crippen LogP contribution in [0.4, 0.5) is 31.9 Å². The molecule has 100 heavy (non-hydrogen) atoms. The van der Waals surface area contributed by atoms with Crippen LogP contribution in [0.3, 0.4) is 0 Å². The summed E-state index contributed by atoms with van der Waals surface area (Å²) in [6, 6.07) is 8.71. The number of para-hydroxylation sites is 4. The highest BCUT2D eigenvalue weighted by Crippen LogP contribution is 2.42. The first-order valence-corrected chi connectivity index (χ1v) is 32.7. The van der Waals surface area contributed by atoms with E-state index in [2.05, 4.69) is 56.9 Å². The molecule has 2 aliphatic carbocycles. The number of rotatable bonds is 22. The number of hydrogen-bond acceptors (Lipinski definition) is 20. The number of carboxylic acid groups (broad SMARTS) is 1. The molecule has 0 radical (unpaired) electrons. The number of ether oxygens (including phenoxy) is 9. The molecule has 4 amide bonds. The molecule has 548 valence electrons. The second-order valence-electron chi connectivity index (χ2n) is 28.3. The summed E-state index contributed by atoms with van der Waals surface area (Å²) in [6.45, 7) is 32.8. The van der Waals surface area contributed by atoms with E-state index in [1.165, 1.54) is 24.0 Å². The van der Waals surface area contributed by atoms with E-state index < -0.39 is 135 Å². The van der Waals surface area contributed by atoms with Gasteiger partial charge in [0.05, 0.1) is 74.8 Å². The Morgan fingerprint density at radius 2 is 0.940 bits per heavy atom. The molecule has 4 fully saturated rings. The van der Waals surface area contributed by atoms with Crippen molar-refractivity contribution in [2.75, 3.05) is 40.5 Å². The van der Waals surface area contributed by atoms with Crippen LogP contribution in [-0.2, 0) is 64.2 Å². The molecule has 2 aliphatic heterocycles. The van der Waals surface area contributed by atoms with Crippen LogP contribution in [0.15, 0.2) is 99.2 Å². The highest BCUT2D eigenvalue weighted by atomic mass is 19.3. The Morgan fingerprint density at radius 3 is 1.29 bits per heavy atom. The molecule has 3 N–H and O–H groups in total. The van der Waals surface area contributed by atoms with Crippen molar-refractivity contribution in [2.45, 2.75) is 205 Å². The van der Waals surface area contributed by atoms with Gasteiger partial charge in [0, 0.05) is 12.8 Å². The lowest BCUT2D eigenvalue weighted by molar-refractivity contribution is -0.152. The number of carboxylic acids is 1. The van der Waals surface area contributed by atoms with Crippen LogP contribution < -0.4 is 20.1 Å². The first kappa shape index (κ1) is 80.0. The monoisotopic (exact) mass is 1410 g/mol. The minimum atomic E-state index is -3.59. The number of alkyl halides is 4. The number of halogens is 4. The van der Waals surface area contributed by atoms with Crippen molar-refractivity contribution in [1.29, 1.82) is 0 Å². The van der Waals surface area contributed by atoms with Gasteiger partial charge in [0.2, 0.25) is 17.7 Å². The van der Waals surface area contributed by atoms with E-state index in [1.54, 1.807) is 137 Å². The SMILES string of the molecule is C=CC(F)(F)c1nc2ccccc2nc1O[C@]1(C)C[C@@H](C(=O)OC)N(C(=O)OC(C)(C)C)C1.C=CCO[C@@H]1CCC[C@H]1OC(=O)N[C@H](C(=O)N1C[C@](C)(Oc2nc3ccccc3nc2C(F)(F)C=C)C[C@H]1C(=O)OC)C(C)(C)C.C=CCO[C@@H]1CCC[C@H]1OC(=O)N[C@H](C(=O)O)C(C)(C)C. The fraction of sp³-hybridized carbons (Fsp3) is 0.563. The number of carbonyl (C=O) groups excluding carboxylic acids is 6. The molecule has 0 unspecified atom stereocenters. The molecule has 25 nitrogen and oxygen atoms in total. The van der Waals surface area contributed by atoms with Crippen LogP contribution in [0.1, 0.15) is 139 Å². The highest BCUT2D eigenvalue weighted by Gasteiger charge is 2.54. The standard InChI is InChI=1S/C33H42F2N4O7.C23H27F2N3O5.C15H25NO5/c1-8-17-44-23-15-12-16-24(23)45-30(42)38-26(31(3,4)5)28(40)39-19-32(6,18-22(39)29(41)43-7)46-27-25(33(34,35)9-2)36-20-13-10-11-14-21(20)37-27;1-7-23(24,25)17-18(27-15-11-9-8-10-14(15)26-17)32-22(5)12-16(19(29)31-6)28(13-22)20(30)33-21(2,3)4;1-5-9-20-10-7-6-8-11(10)21-14(19)16-12(13(17)18)15(2,3)4/h8-11,13-14,22-24,26H,1-2,12,15-19H2,3-7H3,(H,38,42);7-11,16H,1,12-13H2,2-6H3;5,10-12H,1,6-9H2,2-4H3,(H,16,19)(H,17,18)/t22-,23+,24+,26+,32+;16-,22+;10-,11-,12-/m001/s1. The summed E-state index contributed by atoms with van der Waals surface area (Å²) in [5.41, 5.74) is -5.15. The van der Waals surface area contributed by atoms with Gasteiger partial charge in [0.15, 0.2) is 11.4 Å². The Hall–Kier alpha value is -8.99. The average Bonchev–Trinajstić information content (AvgIpc) is 1.56. The highest BCUT2D eigenvalue weighted by molar-refractivity contribution is 5.91. The summed E-state index contributed by atoms with van der Waals surface area (Å²) >= 11 is 0. The van der Waals surface area contributed by atoms with Crippen molar-refractivity contribution < 1.29 is 98.9 Å². The molecule has 29 heteroatoms. The molecular weight excluding hydrogens is 1310 g/mol. The number of fused-ring (bicyclic) bond motifs is 2. The second-order valence-corrected chi connectivity index (χ2v) is 28.3. The van der Waals surface area contributed by atoms with Gasteiger partial charge in [-0.1, -0.05) is 91.1 Å². The number of aromatic nitrogens is 4. The quantitative estimate of drug-likeness (QED) is 0.0285. The molecule has 4 heterocycles. The van der Waals surface area contributed by atoms with Crippen molar-refractivity contribution in [2.24, 2.45) is 10.8 Å². The topological polar surface area (TPSA) is 305 Å². The maximum Gasteiger partial charge on any atom is 0.411 e.